The predicted octanol–water partition coefficient (Wildman–Crippen LogP) is 8.82. The van der Waals surface area contributed by atoms with Gasteiger partial charge in [0.25, 0.3) is 0 Å². The Hall–Kier alpha value is -2.63. The highest BCUT2D eigenvalue weighted by Crippen LogP contribution is 2.32. The van der Waals surface area contributed by atoms with Crippen molar-refractivity contribution in [3.05, 3.63) is 83.2 Å². The second-order valence-electron chi connectivity index (χ2n) is 9.66. The van der Waals surface area contributed by atoms with Crippen LogP contribution in [0, 0.1) is 17.5 Å². The van der Waals surface area contributed by atoms with Gasteiger partial charge in [0.05, 0.1) is 13.2 Å². The van der Waals surface area contributed by atoms with E-state index >= 15 is 0 Å². The number of unbranched alkanes of at least 4 members (excludes halogenated alkanes) is 5. The van der Waals surface area contributed by atoms with Crippen LogP contribution in [0.1, 0.15) is 69.4 Å². The van der Waals surface area contributed by atoms with Crippen LogP contribution in [-0.4, -0.2) is 19.5 Å². The molecule has 2 nitrogen and oxygen atoms in total. The summed E-state index contributed by atoms with van der Waals surface area (Å²) in [4.78, 5) is 0. The summed E-state index contributed by atoms with van der Waals surface area (Å²) in [5.74, 6) is -2.02. The third-order valence-electron chi connectivity index (χ3n) is 7.00. The lowest BCUT2D eigenvalue weighted by atomic mass is 9.94. The number of halogens is 3. The summed E-state index contributed by atoms with van der Waals surface area (Å²) in [5.41, 5.74) is 3.34. The van der Waals surface area contributed by atoms with E-state index < -0.39 is 11.6 Å². The van der Waals surface area contributed by atoms with Crippen LogP contribution in [0.5, 0.6) is 0 Å². The van der Waals surface area contributed by atoms with Crippen LogP contribution in [-0.2, 0) is 15.9 Å². The molecule has 0 N–H and O–H groups in total. The Morgan fingerprint density at radius 3 is 2.06 bits per heavy atom. The molecule has 1 heterocycles. The Morgan fingerprint density at radius 1 is 0.722 bits per heavy atom. The number of ether oxygens (including phenoxy) is 2. The lowest BCUT2D eigenvalue weighted by molar-refractivity contribution is -0.176. The monoisotopic (exact) mass is 496 g/mol. The van der Waals surface area contributed by atoms with Gasteiger partial charge < -0.3 is 9.47 Å². The van der Waals surface area contributed by atoms with Crippen molar-refractivity contribution in [2.75, 3.05) is 13.2 Å². The van der Waals surface area contributed by atoms with Crippen LogP contribution in [0.25, 0.3) is 22.3 Å². The first-order chi connectivity index (χ1) is 17.5. The maximum absolute atomic E-state index is 14.9. The first kappa shape index (κ1) is 26.4. The molecule has 5 heteroatoms. The van der Waals surface area contributed by atoms with Gasteiger partial charge in [-0.05, 0) is 53.6 Å². The second-order valence-corrected chi connectivity index (χ2v) is 9.66. The Bertz CT molecular complexity index is 1140. The van der Waals surface area contributed by atoms with Crippen LogP contribution < -0.4 is 0 Å². The molecule has 0 atom stereocenters. The summed E-state index contributed by atoms with van der Waals surface area (Å²) in [6, 6.07) is 15.6. The number of hydrogen-bond donors (Lipinski definition) is 0. The average molecular weight is 497 g/mol. The van der Waals surface area contributed by atoms with Gasteiger partial charge in [0.1, 0.15) is 5.82 Å². The van der Waals surface area contributed by atoms with Crippen LogP contribution in [0.15, 0.2) is 54.6 Å². The van der Waals surface area contributed by atoms with Gasteiger partial charge in [0.15, 0.2) is 17.9 Å². The van der Waals surface area contributed by atoms with E-state index in [1.165, 1.54) is 25.3 Å². The molecule has 0 aromatic heterocycles. The zero-order chi connectivity index (χ0) is 25.5. The lowest BCUT2D eigenvalue weighted by Gasteiger charge is -2.27. The summed E-state index contributed by atoms with van der Waals surface area (Å²) in [6.07, 6.45) is 6.93. The van der Waals surface area contributed by atoms with Gasteiger partial charge in [0, 0.05) is 11.5 Å². The quantitative estimate of drug-likeness (QED) is 0.261. The molecule has 3 aromatic carbocycles. The predicted molar refractivity (Wildman–Crippen MR) is 138 cm³/mol. The van der Waals surface area contributed by atoms with E-state index in [0.717, 1.165) is 30.4 Å². The minimum Gasteiger partial charge on any atom is -0.352 e. The zero-order valence-electron chi connectivity index (χ0n) is 21.2. The van der Waals surface area contributed by atoms with E-state index in [1.807, 2.05) is 13.0 Å². The molecule has 4 rings (SSSR count). The topological polar surface area (TPSA) is 18.5 Å². The molecule has 0 aliphatic carbocycles. The van der Waals surface area contributed by atoms with Gasteiger partial charge in [-0.25, -0.2) is 13.2 Å². The van der Waals surface area contributed by atoms with Crippen LogP contribution in [0.2, 0.25) is 0 Å². The fourth-order valence-electron chi connectivity index (χ4n) is 4.76. The molecule has 0 bridgehead atoms. The Morgan fingerprint density at radius 2 is 1.36 bits per heavy atom. The highest BCUT2D eigenvalue weighted by Gasteiger charge is 2.23. The summed E-state index contributed by atoms with van der Waals surface area (Å²) in [6.45, 7) is 4.84. The molecule has 0 radical (unpaired) electrons. The molecule has 1 aliphatic rings. The molecule has 0 saturated carbocycles. The number of aryl methyl sites for hydroxylation is 1. The molecule has 1 saturated heterocycles. The van der Waals surface area contributed by atoms with E-state index in [2.05, 4.69) is 6.92 Å². The second kappa shape index (κ2) is 12.6. The van der Waals surface area contributed by atoms with E-state index in [-0.39, 0.29) is 23.6 Å². The van der Waals surface area contributed by atoms with Crippen LogP contribution in [0.4, 0.5) is 13.2 Å². The largest absolute Gasteiger partial charge is 0.352 e. The van der Waals surface area contributed by atoms with Gasteiger partial charge in [-0.15, -0.1) is 0 Å². The molecule has 3 aromatic rings. The Balaban J connectivity index is 1.43. The Kier molecular flexibility index (Phi) is 9.22. The first-order valence-corrected chi connectivity index (χ1v) is 13.1. The maximum atomic E-state index is 14.9. The first-order valence-electron chi connectivity index (χ1n) is 13.1. The standard InChI is InChI=1S/C31H35F3O2/c1-3-4-5-6-7-8-9-24-14-17-28(31(34)30(24)33)23-12-10-22(11-13-23)25-15-16-27(29(32)18-25)26-19-35-21(2)36-20-26/h10-18,21,26H,3-9,19-20H2,1-2H3. The van der Waals surface area contributed by atoms with Crippen molar-refractivity contribution < 1.29 is 22.6 Å². The van der Waals surface area contributed by atoms with Crippen molar-refractivity contribution in [2.24, 2.45) is 0 Å². The van der Waals surface area contributed by atoms with Gasteiger partial charge in [-0.2, -0.15) is 0 Å². The number of benzene rings is 3. The van der Waals surface area contributed by atoms with E-state index in [4.69, 9.17) is 9.47 Å². The molecular weight excluding hydrogens is 461 g/mol. The van der Waals surface area contributed by atoms with Gasteiger partial charge >= 0.3 is 0 Å². The van der Waals surface area contributed by atoms with Gasteiger partial charge in [0.2, 0.25) is 0 Å². The van der Waals surface area contributed by atoms with Crippen molar-refractivity contribution in [2.45, 2.75) is 71.0 Å². The van der Waals surface area contributed by atoms with Crippen molar-refractivity contribution in [1.29, 1.82) is 0 Å². The van der Waals surface area contributed by atoms with Gasteiger partial charge in [-0.3, -0.25) is 0 Å². The normalized spacial score (nSPS) is 17.9. The van der Waals surface area contributed by atoms with Crippen molar-refractivity contribution in [3.63, 3.8) is 0 Å². The average Bonchev–Trinajstić information content (AvgIpc) is 2.89. The smallest absolute Gasteiger partial charge is 0.166 e. The third kappa shape index (κ3) is 6.37. The molecule has 36 heavy (non-hydrogen) atoms. The molecule has 1 aliphatic heterocycles. The van der Waals surface area contributed by atoms with Gasteiger partial charge in [-0.1, -0.05) is 87.6 Å². The van der Waals surface area contributed by atoms with Crippen molar-refractivity contribution >= 4 is 0 Å². The van der Waals surface area contributed by atoms with Crippen LogP contribution >= 0.6 is 0 Å². The summed E-state index contributed by atoms with van der Waals surface area (Å²) in [7, 11) is 0. The maximum Gasteiger partial charge on any atom is 0.166 e. The third-order valence-corrected chi connectivity index (χ3v) is 7.00. The van der Waals surface area contributed by atoms with Crippen LogP contribution in [0.3, 0.4) is 0 Å². The van der Waals surface area contributed by atoms with E-state index in [1.54, 1.807) is 42.5 Å². The number of rotatable bonds is 10. The Labute approximate surface area is 212 Å². The minimum absolute atomic E-state index is 0.139. The van der Waals surface area contributed by atoms with Crippen molar-refractivity contribution in [1.82, 2.24) is 0 Å². The summed E-state index contributed by atoms with van der Waals surface area (Å²) in [5, 5.41) is 0. The molecule has 192 valence electrons. The van der Waals surface area contributed by atoms with E-state index in [9.17, 15) is 13.2 Å². The minimum atomic E-state index is -0.812. The molecule has 0 spiro atoms. The lowest BCUT2D eigenvalue weighted by Crippen LogP contribution is -2.29. The highest BCUT2D eigenvalue weighted by molar-refractivity contribution is 5.71. The van der Waals surface area contributed by atoms with Crippen molar-refractivity contribution in [3.8, 4) is 22.3 Å². The summed E-state index contributed by atoms with van der Waals surface area (Å²) >= 11 is 0. The highest BCUT2D eigenvalue weighted by atomic mass is 19.2. The fourth-order valence-corrected chi connectivity index (χ4v) is 4.76. The fraction of sp³-hybridized carbons (Fsp3) is 0.419. The summed E-state index contributed by atoms with van der Waals surface area (Å²) < 4.78 is 55.5. The molecule has 0 unspecified atom stereocenters. The SMILES string of the molecule is CCCCCCCCc1ccc(-c2ccc(-c3ccc(C4COC(C)OC4)c(F)c3)cc2)c(F)c1F. The van der Waals surface area contributed by atoms with E-state index in [0.29, 0.717) is 36.3 Å². The molecule has 1 fully saturated rings. The zero-order valence-corrected chi connectivity index (χ0v) is 21.2. The number of hydrogen-bond acceptors (Lipinski definition) is 2. The molecule has 0 amide bonds. The molecular formula is C31H35F3O2.